The summed E-state index contributed by atoms with van der Waals surface area (Å²) in [6.07, 6.45) is 3.61. The zero-order valence-corrected chi connectivity index (χ0v) is 12.1. The van der Waals surface area contributed by atoms with Gasteiger partial charge in [0.25, 0.3) is 0 Å². The summed E-state index contributed by atoms with van der Waals surface area (Å²) in [7, 11) is 0. The SMILES string of the molecule is CCC1CCC(Nc2ccc(C(=O)O)cc2Cl)C1C. The number of halogens is 1. The van der Waals surface area contributed by atoms with Crippen LogP contribution in [0.2, 0.25) is 5.02 Å². The summed E-state index contributed by atoms with van der Waals surface area (Å²) in [5, 5.41) is 12.9. The second kappa shape index (κ2) is 5.83. The van der Waals surface area contributed by atoms with E-state index < -0.39 is 5.97 Å². The van der Waals surface area contributed by atoms with E-state index >= 15 is 0 Å². The number of nitrogens with one attached hydrogen (secondary N) is 1. The third-order valence-electron chi connectivity index (χ3n) is 4.31. The van der Waals surface area contributed by atoms with Gasteiger partial charge in [-0.05, 0) is 42.9 Å². The van der Waals surface area contributed by atoms with Crippen LogP contribution in [0.15, 0.2) is 18.2 Å². The molecule has 0 heterocycles. The molecule has 0 bridgehead atoms. The fourth-order valence-corrected chi connectivity index (χ4v) is 3.23. The number of hydrogen-bond donors (Lipinski definition) is 2. The number of carboxylic acid groups (broad SMARTS) is 1. The van der Waals surface area contributed by atoms with Gasteiger partial charge in [-0.1, -0.05) is 31.9 Å². The lowest BCUT2D eigenvalue weighted by Crippen LogP contribution is -2.24. The van der Waals surface area contributed by atoms with Crippen molar-refractivity contribution in [2.24, 2.45) is 11.8 Å². The Morgan fingerprint density at radius 2 is 2.21 bits per heavy atom. The molecule has 1 saturated carbocycles. The van der Waals surface area contributed by atoms with E-state index in [9.17, 15) is 4.79 Å². The molecule has 0 saturated heterocycles. The molecule has 1 fully saturated rings. The van der Waals surface area contributed by atoms with E-state index in [4.69, 9.17) is 16.7 Å². The lowest BCUT2D eigenvalue weighted by Gasteiger charge is -2.22. The molecule has 0 aliphatic heterocycles. The molecule has 1 aromatic rings. The number of carbonyl (C=O) groups is 1. The highest BCUT2D eigenvalue weighted by Crippen LogP contribution is 2.36. The summed E-state index contributed by atoms with van der Waals surface area (Å²) < 4.78 is 0. The van der Waals surface area contributed by atoms with Gasteiger partial charge in [-0.2, -0.15) is 0 Å². The smallest absolute Gasteiger partial charge is 0.335 e. The minimum Gasteiger partial charge on any atom is -0.478 e. The Balaban J connectivity index is 2.10. The summed E-state index contributed by atoms with van der Waals surface area (Å²) in [6, 6.07) is 5.28. The summed E-state index contributed by atoms with van der Waals surface area (Å²) >= 11 is 6.14. The van der Waals surface area contributed by atoms with Gasteiger partial charge in [0.15, 0.2) is 0 Å². The van der Waals surface area contributed by atoms with Crippen molar-refractivity contribution in [2.45, 2.75) is 39.2 Å². The summed E-state index contributed by atoms with van der Waals surface area (Å²) in [5.74, 6) is 0.448. The van der Waals surface area contributed by atoms with Crippen molar-refractivity contribution in [3.8, 4) is 0 Å². The maximum absolute atomic E-state index is 10.9. The molecule has 19 heavy (non-hydrogen) atoms. The van der Waals surface area contributed by atoms with E-state index in [0.29, 0.717) is 17.0 Å². The maximum atomic E-state index is 10.9. The van der Waals surface area contributed by atoms with E-state index in [1.807, 2.05) is 0 Å². The van der Waals surface area contributed by atoms with Gasteiger partial charge in [0.1, 0.15) is 0 Å². The van der Waals surface area contributed by atoms with Crippen LogP contribution in [0.4, 0.5) is 5.69 Å². The largest absolute Gasteiger partial charge is 0.478 e. The normalized spacial score (nSPS) is 26.4. The summed E-state index contributed by atoms with van der Waals surface area (Å²) in [6.45, 7) is 4.51. The first-order valence-electron chi connectivity index (χ1n) is 6.82. The van der Waals surface area contributed by atoms with Crippen LogP contribution < -0.4 is 5.32 Å². The van der Waals surface area contributed by atoms with Gasteiger partial charge >= 0.3 is 5.97 Å². The van der Waals surface area contributed by atoms with E-state index in [1.54, 1.807) is 12.1 Å². The Morgan fingerprint density at radius 3 is 2.74 bits per heavy atom. The maximum Gasteiger partial charge on any atom is 0.335 e. The lowest BCUT2D eigenvalue weighted by molar-refractivity contribution is 0.0697. The monoisotopic (exact) mass is 281 g/mol. The molecular weight excluding hydrogens is 262 g/mol. The third-order valence-corrected chi connectivity index (χ3v) is 4.62. The molecule has 1 aromatic carbocycles. The van der Waals surface area contributed by atoms with Crippen LogP contribution in [-0.4, -0.2) is 17.1 Å². The number of aromatic carboxylic acids is 1. The first-order valence-corrected chi connectivity index (χ1v) is 7.20. The summed E-state index contributed by atoms with van der Waals surface area (Å²) in [5.41, 5.74) is 1.06. The molecular formula is C15H20ClNO2. The second-order valence-corrected chi connectivity index (χ2v) is 5.76. The first kappa shape index (κ1) is 14.2. The number of anilines is 1. The van der Waals surface area contributed by atoms with Crippen molar-refractivity contribution in [1.82, 2.24) is 0 Å². The average Bonchev–Trinajstić information content (AvgIpc) is 2.72. The van der Waals surface area contributed by atoms with Gasteiger partial charge < -0.3 is 10.4 Å². The van der Waals surface area contributed by atoms with E-state index in [-0.39, 0.29) is 5.56 Å². The summed E-state index contributed by atoms with van der Waals surface area (Å²) in [4.78, 5) is 10.9. The van der Waals surface area contributed by atoms with Crippen molar-refractivity contribution in [1.29, 1.82) is 0 Å². The second-order valence-electron chi connectivity index (χ2n) is 5.36. The molecule has 0 aromatic heterocycles. The minimum absolute atomic E-state index is 0.224. The van der Waals surface area contributed by atoms with Gasteiger partial charge in [-0.3, -0.25) is 0 Å². The van der Waals surface area contributed by atoms with E-state index in [0.717, 1.165) is 18.0 Å². The Kier molecular flexibility index (Phi) is 4.35. The fraction of sp³-hybridized carbons (Fsp3) is 0.533. The predicted octanol–water partition coefficient (Wildman–Crippen LogP) is 4.27. The minimum atomic E-state index is -0.950. The number of hydrogen-bond acceptors (Lipinski definition) is 2. The standard InChI is InChI=1S/C15H20ClNO2/c1-3-10-4-6-13(9(10)2)17-14-7-5-11(15(18)19)8-12(14)16/h5,7-10,13,17H,3-4,6H2,1-2H3,(H,18,19). The molecule has 1 aliphatic rings. The molecule has 2 N–H and O–H groups in total. The molecule has 4 heteroatoms. The quantitative estimate of drug-likeness (QED) is 0.866. The van der Waals surface area contributed by atoms with Crippen molar-refractivity contribution >= 4 is 23.3 Å². The van der Waals surface area contributed by atoms with Gasteiger partial charge in [0.2, 0.25) is 0 Å². The molecule has 2 rings (SSSR count). The molecule has 0 radical (unpaired) electrons. The first-order chi connectivity index (χ1) is 9.02. The fourth-order valence-electron chi connectivity index (χ4n) is 2.99. The van der Waals surface area contributed by atoms with Crippen LogP contribution in [0.3, 0.4) is 0 Å². The van der Waals surface area contributed by atoms with Crippen LogP contribution in [0.25, 0.3) is 0 Å². The Bertz CT molecular complexity index is 475. The van der Waals surface area contributed by atoms with Crippen LogP contribution >= 0.6 is 11.6 Å². The predicted molar refractivity (Wildman–Crippen MR) is 78.0 cm³/mol. The number of carboxylic acids is 1. The van der Waals surface area contributed by atoms with Gasteiger partial charge in [-0.25, -0.2) is 4.79 Å². The molecule has 3 nitrogen and oxygen atoms in total. The van der Waals surface area contributed by atoms with Gasteiger partial charge in [0.05, 0.1) is 16.3 Å². The highest BCUT2D eigenvalue weighted by molar-refractivity contribution is 6.33. The molecule has 104 valence electrons. The van der Waals surface area contributed by atoms with Crippen molar-refractivity contribution < 1.29 is 9.90 Å². The molecule has 3 atom stereocenters. The van der Waals surface area contributed by atoms with Crippen LogP contribution in [0, 0.1) is 11.8 Å². The Morgan fingerprint density at radius 1 is 1.47 bits per heavy atom. The van der Waals surface area contributed by atoms with Crippen molar-refractivity contribution in [3.63, 3.8) is 0 Å². The molecule has 1 aliphatic carbocycles. The molecule has 0 spiro atoms. The topological polar surface area (TPSA) is 49.3 Å². The van der Waals surface area contributed by atoms with Crippen LogP contribution in [0.5, 0.6) is 0 Å². The van der Waals surface area contributed by atoms with Gasteiger partial charge in [-0.15, -0.1) is 0 Å². The highest BCUT2D eigenvalue weighted by Gasteiger charge is 2.31. The Hall–Kier alpha value is -1.22. The van der Waals surface area contributed by atoms with E-state index in [2.05, 4.69) is 19.2 Å². The third kappa shape index (κ3) is 3.03. The number of rotatable bonds is 4. The highest BCUT2D eigenvalue weighted by atomic mass is 35.5. The van der Waals surface area contributed by atoms with Crippen LogP contribution in [-0.2, 0) is 0 Å². The average molecular weight is 282 g/mol. The lowest BCUT2D eigenvalue weighted by atomic mass is 9.93. The number of benzene rings is 1. The van der Waals surface area contributed by atoms with Gasteiger partial charge in [0, 0.05) is 6.04 Å². The van der Waals surface area contributed by atoms with Crippen molar-refractivity contribution in [2.75, 3.05) is 5.32 Å². The Labute approximate surface area is 119 Å². The van der Waals surface area contributed by atoms with Crippen molar-refractivity contribution in [3.05, 3.63) is 28.8 Å². The zero-order valence-electron chi connectivity index (χ0n) is 11.3. The van der Waals surface area contributed by atoms with E-state index in [1.165, 1.54) is 18.9 Å². The van der Waals surface area contributed by atoms with Crippen LogP contribution in [0.1, 0.15) is 43.5 Å². The molecule has 3 unspecified atom stereocenters. The zero-order chi connectivity index (χ0) is 14.0. The molecule has 0 amide bonds.